The summed E-state index contributed by atoms with van der Waals surface area (Å²) >= 11 is 1.68. The van der Waals surface area contributed by atoms with Crippen molar-refractivity contribution in [3.63, 3.8) is 0 Å². The number of hydrogen-bond acceptors (Lipinski definition) is 5. The fourth-order valence-electron chi connectivity index (χ4n) is 3.24. The SMILES string of the molecule is CSCC[C@@H](NC(=O)c1ccccc1)C(=O)N1CCN(c2ccccn2)CC1. The van der Waals surface area contributed by atoms with E-state index in [0.717, 1.165) is 24.7 Å². The van der Waals surface area contributed by atoms with E-state index in [2.05, 4.69) is 15.2 Å². The van der Waals surface area contributed by atoms with Crippen LogP contribution in [0.5, 0.6) is 0 Å². The number of nitrogens with zero attached hydrogens (tertiary/aromatic N) is 3. The smallest absolute Gasteiger partial charge is 0.251 e. The van der Waals surface area contributed by atoms with Crippen molar-refractivity contribution in [2.24, 2.45) is 0 Å². The first-order valence-corrected chi connectivity index (χ1v) is 10.9. The Morgan fingerprint density at radius 2 is 1.79 bits per heavy atom. The number of piperazine rings is 1. The molecule has 1 saturated heterocycles. The maximum Gasteiger partial charge on any atom is 0.251 e. The molecule has 1 aliphatic heterocycles. The van der Waals surface area contributed by atoms with Crippen molar-refractivity contribution in [1.82, 2.24) is 15.2 Å². The highest BCUT2D eigenvalue weighted by molar-refractivity contribution is 7.98. The van der Waals surface area contributed by atoms with Crippen LogP contribution in [-0.4, -0.2) is 65.9 Å². The Hall–Kier alpha value is -2.54. The van der Waals surface area contributed by atoms with E-state index >= 15 is 0 Å². The zero-order valence-corrected chi connectivity index (χ0v) is 16.9. The molecule has 148 valence electrons. The number of carbonyl (C=O) groups excluding carboxylic acids is 2. The third-order valence-electron chi connectivity index (χ3n) is 4.81. The van der Waals surface area contributed by atoms with Gasteiger partial charge in [0.15, 0.2) is 0 Å². The topological polar surface area (TPSA) is 65.5 Å². The van der Waals surface area contributed by atoms with Gasteiger partial charge in [0.1, 0.15) is 11.9 Å². The standard InChI is InChI=1S/C21H26N4O2S/c1-28-16-10-18(23-20(26)17-7-3-2-4-8-17)21(27)25-14-12-24(13-15-25)19-9-5-6-11-22-19/h2-9,11,18H,10,12-16H2,1H3,(H,23,26)/t18-/m1/s1. The molecule has 2 heterocycles. The minimum atomic E-state index is -0.499. The van der Waals surface area contributed by atoms with E-state index in [4.69, 9.17) is 0 Å². The summed E-state index contributed by atoms with van der Waals surface area (Å²) in [5.41, 5.74) is 0.574. The van der Waals surface area contributed by atoms with E-state index in [9.17, 15) is 9.59 Å². The molecule has 0 spiro atoms. The molecule has 0 radical (unpaired) electrons. The highest BCUT2D eigenvalue weighted by Crippen LogP contribution is 2.14. The summed E-state index contributed by atoms with van der Waals surface area (Å²) in [6.07, 6.45) is 4.41. The summed E-state index contributed by atoms with van der Waals surface area (Å²) in [5.74, 6) is 1.55. The Kier molecular flexibility index (Phi) is 7.31. The number of aromatic nitrogens is 1. The van der Waals surface area contributed by atoms with Crippen LogP contribution in [0.3, 0.4) is 0 Å². The Labute approximate surface area is 170 Å². The van der Waals surface area contributed by atoms with Crippen molar-refractivity contribution in [3.8, 4) is 0 Å². The number of benzene rings is 1. The monoisotopic (exact) mass is 398 g/mol. The van der Waals surface area contributed by atoms with Gasteiger partial charge < -0.3 is 15.1 Å². The lowest BCUT2D eigenvalue weighted by Gasteiger charge is -2.37. The van der Waals surface area contributed by atoms with Gasteiger partial charge in [-0.1, -0.05) is 24.3 Å². The normalized spacial score (nSPS) is 15.2. The van der Waals surface area contributed by atoms with Crippen LogP contribution in [0, 0.1) is 0 Å². The lowest BCUT2D eigenvalue weighted by molar-refractivity contribution is -0.133. The highest BCUT2D eigenvalue weighted by Gasteiger charge is 2.28. The lowest BCUT2D eigenvalue weighted by atomic mass is 10.1. The van der Waals surface area contributed by atoms with Gasteiger partial charge in [0.2, 0.25) is 5.91 Å². The van der Waals surface area contributed by atoms with E-state index in [1.165, 1.54) is 0 Å². The minimum absolute atomic E-state index is 0.000924. The molecular weight excluding hydrogens is 372 g/mol. The van der Waals surface area contributed by atoms with Gasteiger partial charge >= 0.3 is 0 Å². The molecule has 6 nitrogen and oxygen atoms in total. The van der Waals surface area contributed by atoms with Crippen LogP contribution in [0.25, 0.3) is 0 Å². The van der Waals surface area contributed by atoms with Crippen molar-refractivity contribution in [2.75, 3.05) is 43.1 Å². The summed E-state index contributed by atoms with van der Waals surface area (Å²) in [5, 5.41) is 2.94. The molecule has 1 N–H and O–H groups in total. The summed E-state index contributed by atoms with van der Waals surface area (Å²) in [7, 11) is 0. The average molecular weight is 399 g/mol. The first-order chi connectivity index (χ1) is 13.7. The van der Waals surface area contributed by atoms with Gasteiger partial charge in [0.05, 0.1) is 0 Å². The molecule has 2 aromatic rings. The van der Waals surface area contributed by atoms with Crippen LogP contribution >= 0.6 is 11.8 Å². The van der Waals surface area contributed by atoms with Crippen molar-refractivity contribution < 1.29 is 9.59 Å². The largest absolute Gasteiger partial charge is 0.353 e. The molecule has 2 amide bonds. The maximum atomic E-state index is 13.1. The second kappa shape index (κ2) is 10.1. The van der Waals surface area contributed by atoms with Crippen LogP contribution in [0.4, 0.5) is 5.82 Å². The van der Waals surface area contributed by atoms with Gasteiger partial charge in [-0.3, -0.25) is 9.59 Å². The number of carbonyl (C=O) groups is 2. The minimum Gasteiger partial charge on any atom is -0.353 e. The molecule has 0 bridgehead atoms. The number of hydrogen-bond donors (Lipinski definition) is 1. The molecule has 7 heteroatoms. The molecule has 1 fully saturated rings. The quantitative estimate of drug-likeness (QED) is 0.775. The fourth-order valence-corrected chi connectivity index (χ4v) is 3.71. The zero-order valence-electron chi connectivity index (χ0n) is 16.1. The van der Waals surface area contributed by atoms with Crippen LogP contribution in [0.1, 0.15) is 16.8 Å². The van der Waals surface area contributed by atoms with E-state index in [0.29, 0.717) is 25.1 Å². The maximum absolute atomic E-state index is 13.1. The first-order valence-electron chi connectivity index (χ1n) is 9.48. The predicted octanol–water partition coefficient (Wildman–Crippen LogP) is 2.28. The molecule has 3 rings (SSSR count). The van der Waals surface area contributed by atoms with Gasteiger partial charge in [-0.05, 0) is 42.7 Å². The van der Waals surface area contributed by atoms with Crippen molar-refractivity contribution >= 4 is 29.4 Å². The molecule has 1 aromatic carbocycles. The van der Waals surface area contributed by atoms with E-state index < -0.39 is 6.04 Å². The van der Waals surface area contributed by atoms with Gasteiger partial charge in [-0.25, -0.2) is 4.98 Å². The van der Waals surface area contributed by atoms with Crippen molar-refractivity contribution in [1.29, 1.82) is 0 Å². The Balaban J connectivity index is 1.61. The summed E-state index contributed by atoms with van der Waals surface area (Å²) in [4.78, 5) is 34.0. The predicted molar refractivity (Wildman–Crippen MR) is 114 cm³/mol. The van der Waals surface area contributed by atoms with Gasteiger partial charge in [-0.15, -0.1) is 0 Å². The van der Waals surface area contributed by atoms with E-state index in [1.807, 2.05) is 47.6 Å². The molecule has 1 atom stereocenters. The Morgan fingerprint density at radius 1 is 1.07 bits per heavy atom. The third kappa shape index (κ3) is 5.25. The number of rotatable bonds is 7. The van der Waals surface area contributed by atoms with Gasteiger partial charge in [0.25, 0.3) is 5.91 Å². The number of nitrogens with one attached hydrogen (secondary N) is 1. The first kappa shape index (κ1) is 20.2. The van der Waals surface area contributed by atoms with E-state index in [1.54, 1.807) is 30.1 Å². The molecule has 1 aliphatic rings. The molecule has 0 aliphatic carbocycles. The molecule has 0 unspecified atom stereocenters. The van der Waals surface area contributed by atoms with Gasteiger partial charge in [0, 0.05) is 37.9 Å². The Bertz CT molecular complexity index is 764. The highest BCUT2D eigenvalue weighted by atomic mass is 32.2. The van der Waals surface area contributed by atoms with Crippen LogP contribution in [0.2, 0.25) is 0 Å². The zero-order chi connectivity index (χ0) is 19.8. The summed E-state index contributed by atoms with van der Waals surface area (Å²) in [6, 6.07) is 14.4. The van der Waals surface area contributed by atoms with Gasteiger partial charge in [-0.2, -0.15) is 11.8 Å². The number of anilines is 1. The van der Waals surface area contributed by atoms with Crippen molar-refractivity contribution in [2.45, 2.75) is 12.5 Å². The third-order valence-corrected chi connectivity index (χ3v) is 5.46. The molecule has 0 saturated carbocycles. The lowest BCUT2D eigenvalue weighted by Crippen LogP contribution is -2.55. The Morgan fingerprint density at radius 3 is 2.43 bits per heavy atom. The number of pyridine rings is 1. The van der Waals surface area contributed by atoms with Crippen LogP contribution in [0.15, 0.2) is 54.7 Å². The summed E-state index contributed by atoms with van der Waals surface area (Å²) in [6.45, 7) is 2.74. The molecular formula is C21H26N4O2S. The van der Waals surface area contributed by atoms with Crippen LogP contribution in [-0.2, 0) is 4.79 Å². The van der Waals surface area contributed by atoms with E-state index in [-0.39, 0.29) is 11.8 Å². The summed E-state index contributed by atoms with van der Waals surface area (Å²) < 4.78 is 0. The molecule has 28 heavy (non-hydrogen) atoms. The van der Waals surface area contributed by atoms with Crippen molar-refractivity contribution in [3.05, 3.63) is 60.3 Å². The second-order valence-corrected chi connectivity index (χ2v) is 7.66. The number of amides is 2. The molecule has 1 aromatic heterocycles. The fraction of sp³-hybridized carbons (Fsp3) is 0.381. The second-order valence-electron chi connectivity index (χ2n) is 6.67. The average Bonchev–Trinajstić information content (AvgIpc) is 2.77. The van der Waals surface area contributed by atoms with Crippen LogP contribution < -0.4 is 10.2 Å². The number of thioether (sulfide) groups is 1.